The molecular formula is C15H25N3O2. The number of nitrogens with zero attached hydrogens (tertiary/aromatic N) is 1. The highest BCUT2D eigenvalue weighted by molar-refractivity contribution is 5.98. The van der Waals surface area contributed by atoms with Crippen molar-refractivity contribution in [3.05, 3.63) is 23.8 Å². The highest BCUT2D eigenvalue weighted by Crippen LogP contribution is 2.23. The van der Waals surface area contributed by atoms with E-state index in [1.54, 1.807) is 18.2 Å². The fourth-order valence-corrected chi connectivity index (χ4v) is 1.79. The van der Waals surface area contributed by atoms with Gasteiger partial charge in [0.1, 0.15) is 0 Å². The first kappa shape index (κ1) is 16.3. The number of rotatable bonds is 7. The normalized spacial score (nSPS) is 11.1. The number of nitrogens with one attached hydrogen (secondary N) is 1. The molecule has 0 atom stereocenters. The van der Waals surface area contributed by atoms with Gasteiger partial charge in [0, 0.05) is 12.6 Å². The van der Waals surface area contributed by atoms with Crippen molar-refractivity contribution in [3.8, 4) is 5.75 Å². The lowest BCUT2D eigenvalue weighted by atomic mass is 10.1. The minimum absolute atomic E-state index is 0.149. The van der Waals surface area contributed by atoms with Gasteiger partial charge in [-0.3, -0.25) is 4.79 Å². The van der Waals surface area contributed by atoms with E-state index >= 15 is 0 Å². The average molecular weight is 279 g/mol. The molecule has 0 aliphatic heterocycles. The zero-order valence-electron chi connectivity index (χ0n) is 12.5. The SMILES string of the molecule is CC(C)N(C)CCCCNC(=O)c1cccc(N)c1O. The number of nitrogens with two attached hydrogens (primary N) is 1. The minimum atomic E-state index is -0.285. The van der Waals surface area contributed by atoms with Crippen LogP contribution < -0.4 is 11.1 Å². The van der Waals surface area contributed by atoms with Crippen LogP contribution >= 0.6 is 0 Å². The van der Waals surface area contributed by atoms with Gasteiger partial charge < -0.3 is 21.1 Å². The molecule has 5 nitrogen and oxygen atoms in total. The molecule has 0 saturated heterocycles. The molecule has 112 valence electrons. The van der Waals surface area contributed by atoms with Crippen LogP contribution in [0.25, 0.3) is 0 Å². The van der Waals surface area contributed by atoms with Crippen LogP contribution in [0.2, 0.25) is 0 Å². The number of aromatic hydroxyl groups is 1. The molecule has 0 aliphatic carbocycles. The molecule has 4 N–H and O–H groups in total. The quantitative estimate of drug-likeness (QED) is 0.404. The zero-order chi connectivity index (χ0) is 15.1. The fourth-order valence-electron chi connectivity index (χ4n) is 1.79. The highest BCUT2D eigenvalue weighted by Gasteiger charge is 2.12. The van der Waals surface area contributed by atoms with E-state index in [2.05, 4.69) is 31.1 Å². The summed E-state index contributed by atoms with van der Waals surface area (Å²) in [5.74, 6) is -0.434. The van der Waals surface area contributed by atoms with E-state index in [9.17, 15) is 9.90 Å². The fraction of sp³-hybridized carbons (Fsp3) is 0.533. The van der Waals surface area contributed by atoms with Crippen molar-refractivity contribution in [3.63, 3.8) is 0 Å². The van der Waals surface area contributed by atoms with E-state index in [-0.39, 0.29) is 22.9 Å². The molecule has 0 heterocycles. The molecule has 0 aromatic heterocycles. The third-order valence-corrected chi connectivity index (χ3v) is 3.42. The maximum atomic E-state index is 11.9. The third-order valence-electron chi connectivity index (χ3n) is 3.42. The number of unbranched alkanes of at least 4 members (excludes halogenated alkanes) is 1. The summed E-state index contributed by atoms with van der Waals surface area (Å²) in [7, 11) is 2.09. The van der Waals surface area contributed by atoms with Crippen LogP contribution in [0.15, 0.2) is 18.2 Å². The number of amides is 1. The molecule has 0 saturated carbocycles. The van der Waals surface area contributed by atoms with E-state index in [0.29, 0.717) is 12.6 Å². The Morgan fingerprint density at radius 3 is 2.75 bits per heavy atom. The monoisotopic (exact) mass is 279 g/mol. The molecule has 5 heteroatoms. The molecular weight excluding hydrogens is 254 g/mol. The Morgan fingerprint density at radius 1 is 1.40 bits per heavy atom. The number of hydrogen-bond acceptors (Lipinski definition) is 4. The van der Waals surface area contributed by atoms with Crippen LogP contribution in [0.1, 0.15) is 37.0 Å². The lowest BCUT2D eigenvalue weighted by Gasteiger charge is -2.20. The van der Waals surface area contributed by atoms with E-state index in [1.165, 1.54) is 0 Å². The van der Waals surface area contributed by atoms with Crippen molar-refractivity contribution in [2.75, 3.05) is 25.9 Å². The maximum absolute atomic E-state index is 11.9. The van der Waals surface area contributed by atoms with E-state index < -0.39 is 0 Å². The Morgan fingerprint density at radius 2 is 2.10 bits per heavy atom. The predicted octanol–water partition coefficient (Wildman–Crippen LogP) is 1.82. The third kappa shape index (κ3) is 4.74. The van der Waals surface area contributed by atoms with Crippen molar-refractivity contribution in [2.45, 2.75) is 32.7 Å². The standard InChI is InChI=1S/C15H25N3O2/c1-11(2)18(3)10-5-4-9-17-15(20)12-7-6-8-13(16)14(12)19/h6-8,11,19H,4-5,9-10,16H2,1-3H3,(H,17,20). The molecule has 1 rings (SSSR count). The topological polar surface area (TPSA) is 78.6 Å². The molecule has 1 aromatic carbocycles. The number of nitrogen functional groups attached to an aromatic ring is 1. The number of carbonyl (C=O) groups is 1. The van der Waals surface area contributed by atoms with Gasteiger partial charge in [0.05, 0.1) is 11.3 Å². The molecule has 0 bridgehead atoms. The van der Waals surface area contributed by atoms with E-state index in [1.807, 2.05) is 0 Å². The second-order valence-corrected chi connectivity index (χ2v) is 5.28. The largest absolute Gasteiger partial charge is 0.505 e. The number of phenolic OH excluding ortho intramolecular Hbond substituents is 1. The molecule has 0 spiro atoms. The first-order valence-electron chi connectivity index (χ1n) is 6.99. The van der Waals surface area contributed by atoms with Gasteiger partial charge >= 0.3 is 0 Å². The Balaban J connectivity index is 2.32. The lowest BCUT2D eigenvalue weighted by Crippen LogP contribution is -2.29. The van der Waals surface area contributed by atoms with E-state index in [4.69, 9.17) is 5.73 Å². The first-order chi connectivity index (χ1) is 9.43. The van der Waals surface area contributed by atoms with Gasteiger partial charge in [-0.2, -0.15) is 0 Å². The van der Waals surface area contributed by atoms with Gasteiger partial charge in [-0.25, -0.2) is 0 Å². The van der Waals surface area contributed by atoms with Gasteiger partial charge in [-0.15, -0.1) is 0 Å². The summed E-state index contributed by atoms with van der Waals surface area (Å²) in [5.41, 5.74) is 6.01. The summed E-state index contributed by atoms with van der Waals surface area (Å²) in [6.45, 7) is 5.92. The lowest BCUT2D eigenvalue weighted by molar-refractivity contribution is 0.0950. The van der Waals surface area contributed by atoms with Gasteiger partial charge in [0.15, 0.2) is 5.75 Å². The first-order valence-corrected chi connectivity index (χ1v) is 6.99. The Labute approximate surface area is 120 Å². The number of anilines is 1. The summed E-state index contributed by atoms with van der Waals surface area (Å²) in [6, 6.07) is 5.32. The summed E-state index contributed by atoms with van der Waals surface area (Å²) >= 11 is 0. The van der Waals surface area contributed by atoms with Crippen molar-refractivity contribution in [1.82, 2.24) is 10.2 Å². The molecule has 1 amide bonds. The number of para-hydroxylation sites is 1. The van der Waals surface area contributed by atoms with Crippen LogP contribution in [-0.2, 0) is 0 Å². The molecule has 20 heavy (non-hydrogen) atoms. The Bertz CT molecular complexity index is 447. The minimum Gasteiger partial charge on any atom is -0.505 e. The number of phenols is 1. The molecule has 1 aromatic rings. The Hall–Kier alpha value is -1.75. The molecule has 0 aliphatic rings. The van der Waals surface area contributed by atoms with Crippen molar-refractivity contribution in [2.24, 2.45) is 0 Å². The zero-order valence-corrected chi connectivity index (χ0v) is 12.5. The van der Waals surface area contributed by atoms with Crippen LogP contribution in [0.5, 0.6) is 5.75 Å². The molecule has 0 radical (unpaired) electrons. The van der Waals surface area contributed by atoms with E-state index in [0.717, 1.165) is 19.4 Å². The number of benzene rings is 1. The summed E-state index contributed by atoms with van der Waals surface area (Å²) in [4.78, 5) is 14.2. The van der Waals surface area contributed by atoms with Gasteiger partial charge in [-0.1, -0.05) is 6.07 Å². The maximum Gasteiger partial charge on any atom is 0.255 e. The van der Waals surface area contributed by atoms with Crippen LogP contribution in [0.3, 0.4) is 0 Å². The summed E-state index contributed by atoms with van der Waals surface area (Å²) in [5, 5.41) is 12.5. The van der Waals surface area contributed by atoms with Crippen molar-refractivity contribution >= 4 is 11.6 Å². The molecule has 0 unspecified atom stereocenters. The second kappa shape index (κ2) is 7.75. The van der Waals surface area contributed by atoms with Crippen LogP contribution in [0.4, 0.5) is 5.69 Å². The van der Waals surface area contributed by atoms with Gasteiger partial charge in [0.25, 0.3) is 5.91 Å². The summed E-state index contributed by atoms with van der Waals surface area (Å²) < 4.78 is 0. The second-order valence-electron chi connectivity index (χ2n) is 5.28. The Kier molecular flexibility index (Phi) is 6.31. The number of carbonyl (C=O) groups excluding carboxylic acids is 1. The molecule has 0 fully saturated rings. The number of hydrogen-bond donors (Lipinski definition) is 3. The predicted molar refractivity (Wildman–Crippen MR) is 81.9 cm³/mol. The summed E-state index contributed by atoms with van der Waals surface area (Å²) in [6.07, 6.45) is 1.93. The van der Waals surface area contributed by atoms with Crippen molar-refractivity contribution < 1.29 is 9.90 Å². The van der Waals surface area contributed by atoms with Crippen molar-refractivity contribution in [1.29, 1.82) is 0 Å². The van der Waals surface area contributed by atoms with Gasteiger partial charge in [-0.05, 0) is 52.4 Å². The average Bonchev–Trinajstić information content (AvgIpc) is 2.40. The van der Waals surface area contributed by atoms with Gasteiger partial charge in [0.2, 0.25) is 0 Å². The highest BCUT2D eigenvalue weighted by atomic mass is 16.3. The smallest absolute Gasteiger partial charge is 0.255 e. The van der Waals surface area contributed by atoms with Crippen LogP contribution in [-0.4, -0.2) is 42.1 Å². The van der Waals surface area contributed by atoms with Crippen LogP contribution in [0, 0.1) is 0 Å².